The van der Waals surface area contributed by atoms with Crippen molar-refractivity contribution in [3.05, 3.63) is 47.5 Å². The number of hydrazone groups is 1. The number of Topliss-reactive ketones (excluding diaryl/α,β-unsaturated/α-hetero) is 1. The van der Waals surface area contributed by atoms with E-state index in [9.17, 15) is 14.7 Å². The third kappa shape index (κ3) is 4.32. The Balaban J connectivity index is 2.31. The minimum Gasteiger partial charge on any atom is -0.497 e. The van der Waals surface area contributed by atoms with E-state index in [1.165, 1.54) is 33.5 Å². The number of aromatic carboxylic acids is 1. The zero-order valence-electron chi connectivity index (χ0n) is 15.6. The summed E-state index contributed by atoms with van der Waals surface area (Å²) in [6.45, 7) is -0.393. The van der Waals surface area contributed by atoms with Crippen molar-refractivity contribution in [2.45, 2.75) is 0 Å². The van der Waals surface area contributed by atoms with Crippen molar-refractivity contribution in [1.82, 2.24) is 0 Å². The van der Waals surface area contributed by atoms with Crippen molar-refractivity contribution >= 4 is 17.5 Å². The highest BCUT2D eigenvalue weighted by atomic mass is 16.5. The monoisotopic (exact) mass is 388 g/mol. The molecule has 0 aliphatic heterocycles. The van der Waals surface area contributed by atoms with Gasteiger partial charge in [-0.15, -0.1) is 0 Å². The van der Waals surface area contributed by atoms with Gasteiger partial charge in [0.25, 0.3) is 0 Å². The molecule has 0 aliphatic rings. The number of nitrogens with zero attached hydrogens (tertiary/aromatic N) is 1. The first kappa shape index (κ1) is 20.6. The summed E-state index contributed by atoms with van der Waals surface area (Å²) < 4.78 is 20.7. The molecule has 0 unspecified atom stereocenters. The van der Waals surface area contributed by atoms with Gasteiger partial charge in [-0.25, -0.2) is 4.79 Å². The van der Waals surface area contributed by atoms with E-state index in [4.69, 9.17) is 24.8 Å². The Kier molecular flexibility index (Phi) is 6.80. The quantitative estimate of drug-likeness (QED) is 0.377. The Hall–Kier alpha value is -3.75. The van der Waals surface area contributed by atoms with Gasteiger partial charge in [0.05, 0.1) is 21.3 Å². The molecular weight excluding hydrogens is 368 g/mol. The van der Waals surface area contributed by atoms with Gasteiger partial charge in [0.15, 0.2) is 18.1 Å². The van der Waals surface area contributed by atoms with Crippen molar-refractivity contribution in [3.8, 4) is 23.0 Å². The number of ketones is 1. The molecule has 0 amide bonds. The number of carboxylic acids is 1. The topological polar surface area (TPSA) is 130 Å². The largest absolute Gasteiger partial charge is 0.497 e. The van der Waals surface area contributed by atoms with Crippen molar-refractivity contribution in [3.63, 3.8) is 0 Å². The number of carboxylic acid groups (broad SMARTS) is 1. The summed E-state index contributed by atoms with van der Waals surface area (Å²) in [6.07, 6.45) is 0. The molecule has 0 saturated heterocycles. The fourth-order valence-corrected chi connectivity index (χ4v) is 2.52. The first-order valence-corrected chi connectivity index (χ1v) is 8.03. The Morgan fingerprint density at radius 3 is 2.11 bits per heavy atom. The summed E-state index contributed by atoms with van der Waals surface area (Å²) in [5.41, 5.74) is -0.549. The van der Waals surface area contributed by atoms with Crippen LogP contribution in [0.2, 0.25) is 0 Å². The molecule has 0 heterocycles. The second-order valence-corrected chi connectivity index (χ2v) is 5.39. The minimum atomic E-state index is -1.32. The molecule has 0 fully saturated rings. The molecule has 0 atom stereocenters. The maximum absolute atomic E-state index is 12.6. The molecule has 0 aromatic heterocycles. The molecule has 0 saturated carbocycles. The van der Waals surface area contributed by atoms with Crippen LogP contribution in [0.3, 0.4) is 0 Å². The highest BCUT2D eigenvalue weighted by molar-refractivity contribution is 6.47. The molecule has 2 aromatic carbocycles. The number of hydrogen-bond acceptors (Lipinski definition) is 8. The summed E-state index contributed by atoms with van der Waals surface area (Å²) in [5, 5.41) is 13.1. The lowest BCUT2D eigenvalue weighted by Crippen LogP contribution is -2.26. The number of rotatable bonds is 9. The molecule has 9 heteroatoms. The molecule has 0 spiro atoms. The third-order valence-corrected chi connectivity index (χ3v) is 3.84. The predicted molar refractivity (Wildman–Crippen MR) is 101 cm³/mol. The first-order valence-electron chi connectivity index (χ1n) is 8.03. The van der Waals surface area contributed by atoms with Crippen LogP contribution in [0.15, 0.2) is 41.5 Å². The lowest BCUT2D eigenvalue weighted by molar-refractivity contribution is -0.114. The number of carbonyl (C=O) groups excluding carboxylic acids is 1. The number of benzene rings is 2. The molecule has 0 bridgehead atoms. The summed E-state index contributed by atoms with van der Waals surface area (Å²) in [4.78, 5) is 24.3. The standard InChI is InChI=1S/C19H20N2O7/c1-25-11-4-6-12(7-5-11)28-10-14(22)17(21-20)13-8-9-15(26-2)18(27-3)16(13)19(23)24/h4-9H,10,20H2,1-3H3,(H,23,24)/b21-17+. The second kappa shape index (κ2) is 9.26. The van der Waals surface area contributed by atoms with Gasteiger partial charge in [0.2, 0.25) is 5.78 Å². The van der Waals surface area contributed by atoms with Crippen LogP contribution < -0.4 is 24.8 Å². The van der Waals surface area contributed by atoms with Crippen LogP contribution in [0.1, 0.15) is 15.9 Å². The van der Waals surface area contributed by atoms with Gasteiger partial charge < -0.3 is 29.9 Å². The molecule has 28 heavy (non-hydrogen) atoms. The lowest BCUT2D eigenvalue weighted by atomic mass is 9.98. The summed E-state index contributed by atoms with van der Waals surface area (Å²) >= 11 is 0. The van der Waals surface area contributed by atoms with Crippen LogP contribution in [0.5, 0.6) is 23.0 Å². The van der Waals surface area contributed by atoms with E-state index in [1.54, 1.807) is 24.3 Å². The second-order valence-electron chi connectivity index (χ2n) is 5.39. The van der Waals surface area contributed by atoms with Crippen molar-refractivity contribution in [1.29, 1.82) is 0 Å². The molecule has 148 valence electrons. The normalized spacial score (nSPS) is 10.9. The number of ether oxygens (including phenoxy) is 4. The number of carbonyl (C=O) groups is 2. The zero-order valence-corrected chi connectivity index (χ0v) is 15.6. The first-order chi connectivity index (χ1) is 13.5. The Morgan fingerprint density at radius 2 is 1.61 bits per heavy atom. The van der Waals surface area contributed by atoms with E-state index in [2.05, 4.69) is 5.10 Å². The maximum Gasteiger partial charge on any atom is 0.340 e. The fourth-order valence-electron chi connectivity index (χ4n) is 2.52. The van der Waals surface area contributed by atoms with E-state index >= 15 is 0 Å². The van der Waals surface area contributed by atoms with Gasteiger partial charge in [-0.3, -0.25) is 4.79 Å². The Bertz CT molecular complexity index is 892. The fraction of sp³-hybridized carbons (Fsp3) is 0.211. The lowest BCUT2D eigenvalue weighted by Gasteiger charge is -2.15. The van der Waals surface area contributed by atoms with Crippen LogP contribution in [0.4, 0.5) is 0 Å². The molecule has 0 radical (unpaired) electrons. The maximum atomic E-state index is 12.6. The molecule has 9 nitrogen and oxygen atoms in total. The predicted octanol–water partition coefficient (Wildman–Crippen LogP) is 1.72. The van der Waals surface area contributed by atoms with E-state index in [1.807, 2.05) is 0 Å². The zero-order chi connectivity index (χ0) is 20.7. The van der Waals surface area contributed by atoms with Gasteiger partial charge in [-0.1, -0.05) is 0 Å². The average molecular weight is 388 g/mol. The van der Waals surface area contributed by atoms with Crippen molar-refractivity contribution < 1.29 is 33.6 Å². The van der Waals surface area contributed by atoms with E-state index < -0.39 is 18.4 Å². The molecular formula is C19H20N2O7. The summed E-state index contributed by atoms with van der Waals surface area (Å²) in [5.74, 6) is 4.66. The van der Waals surface area contributed by atoms with E-state index in [-0.39, 0.29) is 28.3 Å². The molecule has 2 rings (SSSR count). The number of methoxy groups -OCH3 is 3. The minimum absolute atomic E-state index is 0.00372. The van der Waals surface area contributed by atoms with Crippen LogP contribution in [-0.2, 0) is 4.79 Å². The summed E-state index contributed by atoms with van der Waals surface area (Å²) in [7, 11) is 4.20. The highest BCUT2D eigenvalue weighted by Gasteiger charge is 2.27. The number of hydrogen-bond donors (Lipinski definition) is 2. The van der Waals surface area contributed by atoms with Gasteiger partial charge in [0, 0.05) is 5.56 Å². The van der Waals surface area contributed by atoms with E-state index in [0.717, 1.165) is 0 Å². The Labute approximate surface area is 161 Å². The van der Waals surface area contributed by atoms with Gasteiger partial charge in [0.1, 0.15) is 22.8 Å². The smallest absolute Gasteiger partial charge is 0.340 e. The van der Waals surface area contributed by atoms with Gasteiger partial charge in [-0.2, -0.15) is 5.10 Å². The molecule has 3 N–H and O–H groups in total. The van der Waals surface area contributed by atoms with Crippen molar-refractivity contribution in [2.75, 3.05) is 27.9 Å². The SMILES string of the molecule is COc1ccc(OCC(=O)/C(=N/N)c2ccc(OC)c(OC)c2C(=O)O)cc1. The Morgan fingerprint density at radius 1 is 0.964 bits per heavy atom. The average Bonchev–Trinajstić information content (AvgIpc) is 2.72. The number of nitrogens with two attached hydrogens (primary N) is 1. The van der Waals surface area contributed by atoms with Crippen LogP contribution in [0.25, 0.3) is 0 Å². The van der Waals surface area contributed by atoms with Crippen molar-refractivity contribution in [2.24, 2.45) is 10.9 Å². The highest BCUT2D eigenvalue weighted by Crippen LogP contribution is 2.34. The molecule has 0 aliphatic carbocycles. The van der Waals surface area contributed by atoms with Gasteiger partial charge >= 0.3 is 5.97 Å². The van der Waals surface area contributed by atoms with E-state index in [0.29, 0.717) is 11.5 Å². The van der Waals surface area contributed by atoms with Crippen LogP contribution >= 0.6 is 0 Å². The third-order valence-electron chi connectivity index (χ3n) is 3.84. The molecule has 2 aromatic rings. The summed E-state index contributed by atoms with van der Waals surface area (Å²) in [6, 6.07) is 9.45. The van der Waals surface area contributed by atoms with Crippen LogP contribution in [-0.4, -0.2) is 50.5 Å². The van der Waals surface area contributed by atoms with Gasteiger partial charge in [-0.05, 0) is 36.4 Å². The van der Waals surface area contributed by atoms with Crippen LogP contribution in [0, 0.1) is 0 Å².